The second-order valence-electron chi connectivity index (χ2n) is 6.08. The molecular formula is C19H22N2O2. The number of carboxylic acid groups (broad SMARTS) is 1. The average molecular weight is 310 g/mol. The summed E-state index contributed by atoms with van der Waals surface area (Å²) in [6, 6.07) is 20.6. The molecule has 2 atom stereocenters. The third kappa shape index (κ3) is 3.47. The van der Waals surface area contributed by atoms with E-state index in [0.29, 0.717) is 12.6 Å². The van der Waals surface area contributed by atoms with Crippen molar-refractivity contribution in [3.63, 3.8) is 0 Å². The van der Waals surface area contributed by atoms with Gasteiger partial charge in [0.15, 0.2) is 0 Å². The zero-order valence-electron chi connectivity index (χ0n) is 13.3. The van der Waals surface area contributed by atoms with Crippen molar-refractivity contribution in [3.8, 4) is 0 Å². The zero-order valence-corrected chi connectivity index (χ0v) is 13.3. The number of piperazine rings is 1. The molecule has 4 nitrogen and oxygen atoms in total. The molecule has 2 aromatic rings. The normalized spacial score (nSPS) is 21.3. The van der Waals surface area contributed by atoms with Crippen molar-refractivity contribution >= 4 is 17.3 Å². The maximum Gasteiger partial charge on any atom is 0.305 e. The highest BCUT2D eigenvalue weighted by Gasteiger charge is 2.33. The molecule has 0 saturated carbocycles. The highest BCUT2D eigenvalue weighted by Crippen LogP contribution is 2.28. The molecule has 1 aliphatic rings. The molecule has 0 radical (unpaired) electrons. The lowest BCUT2D eigenvalue weighted by Crippen LogP contribution is -2.58. The fourth-order valence-corrected chi connectivity index (χ4v) is 3.33. The van der Waals surface area contributed by atoms with Gasteiger partial charge in [0, 0.05) is 30.5 Å². The summed E-state index contributed by atoms with van der Waals surface area (Å²) in [6.07, 6.45) is 0.144. The predicted molar refractivity (Wildman–Crippen MR) is 93.1 cm³/mol. The van der Waals surface area contributed by atoms with Crippen molar-refractivity contribution in [2.45, 2.75) is 25.4 Å². The molecule has 0 aliphatic carbocycles. The van der Waals surface area contributed by atoms with Crippen LogP contribution in [0.15, 0.2) is 60.7 Å². The summed E-state index contributed by atoms with van der Waals surface area (Å²) >= 11 is 0. The van der Waals surface area contributed by atoms with Crippen molar-refractivity contribution in [2.75, 3.05) is 22.9 Å². The van der Waals surface area contributed by atoms with E-state index in [9.17, 15) is 9.90 Å². The van der Waals surface area contributed by atoms with Gasteiger partial charge in [-0.05, 0) is 31.2 Å². The van der Waals surface area contributed by atoms with Gasteiger partial charge < -0.3 is 14.9 Å². The van der Waals surface area contributed by atoms with Crippen LogP contribution in [0.3, 0.4) is 0 Å². The number of hydrogen-bond acceptors (Lipinski definition) is 3. The fourth-order valence-electron chi connectivity index (χ4n) is 3.33. The number of benzene rings is 2. The first kappa shape index (κ1) is 15.4. The van der Waals surface area contributed by atoms with E-state index in [4.69, 9.17) is 0 Å². The molecule has 120 valence electrons. The summed E-state index contributed by atoms with van der Waals surface area (Å²) in [5.74, 6) is -0.751. The highest BCUT2D eigenvalue weighted by atomic mass is 16.4. The van der Waals surface area contributed by atoms with Gasteiger partial charge in [-0.1, -0.05) is 36.4 Å². The van der Waals surface area contributed by atoms with Crippen LogP contribution in [-0.2, 0) is 4.79 Å². The lowest BCUT2D eigenvalue weighted by molar-refractivity contribution is -0.137. The second kappa shape index (κ2) is 6.73. The largest absolute Gasteiger partial charge is 0.481 e. The third-order valence-corrected chi connectivity index (χ3v) is 4.43. The van der Waals surface area contributed by atoms with Crippen molar-refractivity contribution < 1.29 is 9.90 Å². The van der Waals surface area contributed by atoms with Crippen LogP contribution in [0, 0.1) is 0 Å². The Morgan fingerprint density at radius 2 is 1.48 bits per heavy atom. The molecule has 1 N–H and O–H groups in total. The molecular weight excluding hydrogens is 288 g/mol. The number of nitrogens with zero attached hydrogens (tertiary/aromatic N) is 2. The van der Waals surface area contributed by atoms with E-state index < -0.39 is 5.97 Å². The van der Waals surface area contributed by atoms with Crippen LogP contribution < -0.4 is 9.80 Å². The van der Waals surface area contributed by atoms with E-state index in [1.54, 1.807) is 0 Å². The van der Waals surface area contributed by atoms with Gasteiger partial charge in [-0.25, -0.2) is 0 Å². The van der Waals surface area contributed by atoms with Gasteiger partial charge in [0.05, 0.1) is 12.5 Å². The summed E-state index contributed by atoms with van der Waals surface area (Å²) in [7, 11) is 0. The van der Waals surface area contributed by atoms with Gasteiger partial charge in [0.25, 0.3) is 0 Å². The molecule has 0 spiro atoms. The smallest absolute Gasteiger partial charge is 0.305 e. The molecule has 0 amide bonds. The SMILES string of the molecule is C[C@@H]1CN(c2ccccc2)[C@@H](CC(=O)O)CN1c1ccccc1. The van der Waals surface area contributed by atoms with E-state index in [0.717, 1.165) is 17.9 Å². The van der Waals surface area contributed by atoms with Crippen LogP contribution in [0.5, 0.6) is 0 Å². The Hall–Kier alpha value is -2.49. The fraction of sp³-hybridized carbons (Fsp3) is 0.316. The van der Waals surface area contributed by atoms with Gasteiger partial charge in [-0.15, -0.1) is 0 Å². The van der Waals surface area contributed by atoms with E-state index in [-0.39, 0.29) is 12.5 Å². The van der Waals surface area contributed by atoms with E-state index >= 15 is 0 Å². The number of rotatable bonds is 4. The minimum Gasteiger partial charge on any atom is -0.481 e. The molecule has 23 heavy (non-hydrogen) atoms. The summed E-state index contributed by atoms with van der Waals surface area (Å²) in [5.41, 5.74) is 2.25. The van der Waals surface area contributed by atoms with Crippen molar-refractivity contribution in [2.24, 2.45) is 0 Å². The topological polar surface area (TPSA) is 43.8 Å². The summed E-state index contributed by atoms with van der Waals surface area (Å²) < 4.78 is 0. The highest BCUT2D eigenvalue weighted by molar-refractivity contribution is 5.69. The van der Waals surface area contributed by atoms with E-state index in [1.165, 1.54) is 0 Å². The first-order chi connectivity index (χ1) is 11.1. The number of aliphatic carboxylic acids is 1. The van der Waals surface area contributed by atoms with Crippen LogP contribution >= 0.6 is 0 Å². The molecule has 1 fully saturated rings. The average Bonchev–Trinajstić information content (AvgIpc) is 2.57. The molecule has 1 aliphatic heterocycles. The van der Waals surface area contributed by atoms with Crippen molar-refractivity contribution in [1.29, 1.82) is 0 Å². The Kier molecular flexibility index (Phi) is 4.51. The minimum absolute atomic E-state index is 0.0358. The maximum absolute atomic E-state index is 11.3. The van der Waals surface area contributed by atoms with Gasteiger partial charge in [0.2, 0.25) is 0 Å². The van der Waals surface area contributed by atoms with Crippen LogP contribution in [0.1, 0.15) is 13.3 Å². The third-order valence-electron chi connectivity index (χ3n) is 4.43. The summed E-state index contributed by atoms with van der Waals surface area (Å²) in [5, 5.41) is 9.31. The first-order valence-electron chi connectivity index (χ1n) is 8.00. The summed E-state index contributed by atoms with van der Waals surface area (Å²) in [6.45, 7) is 3.73. The number of carbonyl (C=O) groups is 1. The quantitative estimate of drug-likeness (QED) is 0.941. The van der Waals surface area contributed by atoms with E-state index in [1.807, 2.05) is 36.4 Å². The minimum atomic E-state index is -0.751. The first-order valence-corrected chi connectivity index (χ1v) is 8.00. The van der Waals surface area contributed by atoms with Gasteiger partial charge in [0.1, 0.15) is 0 Å². The zero-order chi connectivity index (χ0) is 16.2. The van der Waals surface area contributed by atoms with Crippen LogP contribution in [0.4, 0.5) is 11.4 Å². The number of anilines is 2. The molecule has 3 rings (SSSR count). The van der Waals surface area contributed by atoms with Crippen LogP contribution in [0.2, 0.25) is 0 Å². The Bertz CT molecular complexity index is 645. The molecule has 2 aromatic carbocycles. The van der Waals surface area contributed by atoms with Gasteiger partial charge in [-0.2, -0.15) is 0 Å². The molecule has 1 heterocycles. The second-order valence-corrected chi connectivity index (χ2v) is 6.08. The number of para-hydroxylation sites is 2. The molecule has 0 unspecified atom stereocenters. The number of carboxylic acids is 1. The Balaban J connectivity index is 1.87. The Labute approximate surface area is 137 Å². The van der Waals surface area contributed by atoms with Crippen LogP contribution in [-0.4, -0.2) is 36.2 Å². The predicted octanol–water partition coefficient (Wildman–Crippen LogP) is 3.25. The Morgan fingerprint density at radius 3 is 2.00 bits per heavy atom. The molecule has 0 bridgehead atoms. The Morgan fingerprint density at radius 1 is 0.957 bits per heavy atom. The van der Waals surface area contributed by atoms with Crippen molar-refractivity contribution in [1.82, 2.24) is 0 Å². The maximum atomic E-state index is 11.3. The summed E-state index contributed by atoms with van der Waals surface area (Å²) in [4.78, 5) is 15.9. The monoisotopic (exact) mass is 310 g/mol. The number of hydrogen-bond donors (Lipinski definition) is 1. The molecule has 4 heteroatoms. The van der Waals surface area contributed by atoms with Crippen molar-refractivity contribution in [3.05, 3.63) is 60.7 Å². The lowest BCUT2D eigenvalue weighted by atomic mass is 10.0. The van der Waals surface area contributed by atoms with Gasteiger partial charge >= 0.3 is 5.97 Å². The lowest BCUT2D eigenvalue weighted by Gasteiger charge is -2.47. The van der Waals surface area contributed by atoms with Gasteiger partial charge in [-0.3, -0.25) is 4.79 Å². The van der Waals surface area contributed by atoms with Crippen LogP contribution in [0.25, 0.3) is 0 Å². The standard InChI is InChI=1S/C19H22N2O2/c1-15-13-21(17-10-6-3-7-11-17)18(12-19(22)23)14-20(15)16-8-4-2-5-9-16/h2-11,15,18H,12-14H2,1H3,(H,22,23)/t15-,18+/m1/s1. The molecule has 1 saturated heterocycles. The van der Waals surface area contributed by atoms with E-state index in [2.05, 4.69) is 41.0 Å². The molecule has 0 aromatic heterocycles.